The largest absolute Gasteiger partial charge is 0.380 e. The highest BCUT2D eigenvalue weighted by Gasteiger charge is 2.19. The van der Waals surface area contributed by atoms with Crippen LogP contribution in [0.2, 0.25) is 0 Å². The van der Waals surface area contributed by atoms with Gasteiger partial charge in [-0.15, -0.1) is 0 Å². The molecule has 0 heterocycles. The van der Waals surface area contributed by atoms with Crippen molar-refractivity contribution in [3.05, 3.63) is 35.4 Å². The number of benzene rings is 1. The standard InChI is InChI=1S/C15H23NO/c1-17-12-15-8-6-14(7-9-15)11-16-10-2-3-13-4-5-13/h6-9,13,16H,2-5,10-12H2,1H3. The third-order valence-electron chi connectivity index (χ3n) is 3.33. The Kier molecular flexibility index (Phi) is 5.02. The highest BCUT2D eigenvalue weighted by molar-refractivity contribution is 5.21. The lowest BCUT2D eigenvalue weighted by atomic mass is 10.1. The maximum atomic E-state index is 5.09. The van der Waals surface area contributed by atoms with Gasteiger partial charge in [0.2, 0.25) is 0 Å². The molecular formula is C15H23NO. The van der Waals surface area contributed by atoms with Crippen LogP contribution in [-0.4, -0.2) is 13.7 Å². The second-order valence-electron chi connectivity index (χ2n) is 5.01. The van der Waals surface area contributed by atoms with Crippen LogP contribution in [0.3, 0.4) is 0 Å². The number of rotatable bonds is 8. The lowest BCUT2D eigenvalue weighted by Gasteiger charge is -2.06. The maximum absolute atomic E-state index is 5.09. The normalized spacial score (nSPS) is 15.1. The molecule has 0 aliphatic heterocycles. The van der Waals surface area contributed by atoms with Crippen molar-refractivity contribution in [1.29, 1.82) is 0 Å². The molecule has 1 fully saturated rings. The van der Waals surface area contributed by atoms with Crippen LogP contribution in [0.1, 0.15) is 36.8 Å². The fourth-order valence-corrected chi connectivity index (χ4v) is 2.07. The first-order chi connectivity index (χ1) is 8.38. The predicted molar refractivity (Wildman–Crippen MR) is 70.8 cm³/mol. The van der Waals surface area contributed by atoms with E-state index in [1.165, 1.54) is 36.8 Å². The summed E-state index contributed by atoms with van der Waals surface area (Å²) >= 11 is 0. The summed E-state index contributed by atoms with van der Waals surface area (Å²) in [5, 5.41) is 3.51. The van der Waals surface area contributed by atoms with E-state index in [1.807, 2.05) is 0 Å². The molecule has 1 aromatic carbocycles. The molecule has 0 bridgehead atoms. The molecule has 0 radical (unpaired) electrons. The Morgan fingerprint density at radius 3 is 2.53 bits per heavy atom. The third kappa shape index (κ3) is 4.88. The second kappa shape index (κ2) is 6.77. The average Bonchev–Trinajstić information content (AvgIpc) is 3.15. The zero-order valence-electron chi connectivity index (χ0n) is 10.7. The molecule has 2 nitrogen and oxygen atoms in total. The van der Waals surface area contributed by atoms with E-state index in [0.29, 0.717) is 6.61 Å². The van der Waals surface area contributed by atoms with E-state index < -0.39 is 0 Å². The molecule has 94 valence electrons. The highest BCUT2D eigenvalue weighted by Crippen LogP contribution is 2.33. The van der Waals surface area contributed by atoms with E-state index in [0.717, 1.165) is 19.0 Å². The molecule has 1 aromatic rings. The summed E-state index contributed by atoms with van der Waals surface area (Å²) in [5.41, 5.74) is 2.60. The highest BCUT2D eigenvalue weighted by atomic mass is 16.5. The molecule has 17 heavy (non-hydrogen) atoms. The SMILES string of the molecule is COCc1ccc(CNCCCC2CC2)cc1. The number of methoxy groups -OCH3 is 1. The lowest BCUT2D eigenvalue weighted by molar-refractivity contribution is 0.185. The minimum Gasteiger partial charge on any atom is -0.380 e. The maximum Gasteiger partial charge on any atom is 0.0713 e. The van der Waals surface area contributed by atoms with E-state index in [-0.39, 0.29) is 0 Å². The summed E-state index contributed by atoms with van der Waals surface area (Å²) in [7, 11) is 1.73. The minimum absolute atomic E-state index is 0.703. The second-order valence-corrected chi connectivity index (χ2v) is 5.01. The lowest BCUT2D eigenvalue weighted by Crippen LogP contribution is -2.14. The minimum atomic E-state index is 0.703. The van der Waals surface area contributed by atoms with Crippen LogP contribution < -0.4 is 5.32 Å². The molecule has 0 unspecified atom stereocenters. The summed E-state index contributed by atoms with van der Waals surface area (Å²) < 4.78 is 5.09. The Bertz CT molecular complexity index is 316. The summed E-state index contributed by atoms with van der Waals surface area (Å²) in [5.74, 6) is 1.06. The van der Waals surface area contributed by atoms with Gasteiger partial charge in [-0.1, -0.05) is 37.1 Å². The van der Waals surface area contributed by atoms with Crippen molar-refractivity contribution >= 4 is 0 Å². The molecule has 0 spiro atoms. The molecular weight excluding hydrogens is 210 g/mol. The van der Waals surface area contributed by atoms with Gasteiger partial charge in [-0.3, -0.25) is 0 Å². The van der Waals surface area contributed by atoms with Crippen molar-refractivity contribution in [2.75, 3.05) is 13.7 Å². The van der Waals surface area contributed by atoms with Gasteiger partial charge in [0, 0.05) is 13.7 Å². The third-order valence-corrected chi connectivity index (χ3v) is 3.33. The number of hydrogen-bond donors (Lipinski definition) is 1. The molecule has 1 aliphatic carbocycles. The average molecular weight is 233 g/mol. The number of ether oxygens (including phenoxy) is 1. The Balaban J connectivity index is 1.60. The van der Waals surface area contributed by atoms with Gasteiger partial charge in [-0.25, -0.2) is 0 Å². The summed E-state index contributed by atoms with van der Waals surface area (Å²) in [6.45, 7) is 2.84. The molecule has 0 amide bonds. The zero-order valence-corrected chi connectivity index (χ0v) is 10.7. The first-order valence-electron chi connectivity index (χ1n) is 6.66. The van der Waals surface area contributed by atoms with Gasteiger partial charge in [-0.2, -0.15) is 0 Å². The van der Waals surface area contributed by atoms with Crippen LogP contribution in [0.25, 0.3) is 0 Å². The van der Waals surface area contributed by atoms with Crippen molar-refractivity contribution < 1.29 is 4.74 Å². The van der Waals surface area contributed by atoms with Gasteiger partial charge in [0.05, 0.1) is 6.61 Å². The van der Waals surface area contributed by atoms with E-state index in [4.69, 9.17) is 4.74 Å². The van der Waals surface area contributed by atoms with Crippen molar-refractivity contribution in [1.82, 2.24) is 5.32 Å². The Morgan fingerprint density at radius 2 is 1.88 bits per heavy atom. The summed E-state index contributed by atoms with van der Waals surface area (Å²) in [6, 6.07) is 8.65. The van der Waals surface area contributed by atoms with E-state index >= 15 is 0 Å². The van der Waals surface area contributed by atoms with Crippen molar-refractivity contribution in [3.63, 3.8) is 0 Å². The van der Waals surface area contributed by atoms with Gasteiger partial charge in [0.15, 0.2) is 0 Å². The van der Waals surface area contributed by atoms with Crippen LogP contribution in [-0.2, 0) is 17.9 Å². The fraction of sp³-hybridized carbons (Fsp3) is 0.600. The van der Waals surface area contributed by atoms with Crippen LogP contribution in [0, 0.1) is 5.92 Å². The van der Waals surface area contributed by atoms with E-state index in [2.05, 4.69) is 29.6 Å². The van der Waals surface area contributed by atoms with Gasteiger partial charge in [0.1, 0.15) is 0 Å². The first kappa shape index (κ1) is 12.6. The van der Waals surface area contributed by atoms with Crippen molar-refractivity contribution in [2.24, 2.45) is 5.92 Å². The number of hydrogen-bond acceptors (Lipinski definition) is 2. The van der Waals surface area contributed by atoms with Crippen molar-refractivity contribution in [2.45, 2.75) is 38.8 Å². The van der Waals surface area contributed by atoms with Crippen LogP contribution in [0.15, 0.2) is 24.3 Å². The molecule has 2 rings (SSSR count). The Labute approximate surface area is 104 Å². The quantitative estimate of drug-likeness (QED) is 0.697. The monoisotopic (exact) mass is 233 g/mol. The van der Waals surface area contributed by atoms with Crippen molar-refractivity contribution in [3.8, 4) is 0 Å². The smallest absolute Gasteiger partial charge is 0.0713 e. The predicted octanol–water partition coefficient (Wildman–Crippen LogP) is 3.11. The molecule has 0 aromatic heterocycles. The van der Waals surface area contributed by atoms with Crippen LogP contribution in [0.4, 0.5) is 0 Å². The van der Waals surface area contributed by atoms with Gasteiger partial charge in [0.25, 0.3) is 0 Å². The summed E-state index contributed by atoms with van der Waals surface area (Å²) in [4.78, 5) is 0. The fourth-order valence-electron chi connectivity index (χ4n) is 2.07. The first-order valence-corrected chi connectivity index (χ1v) is 6.66. The molecule has 1 saturated carbocycles. The van der Waals surface area contributed by atoms with Crippen LogP contribution in [0.5, 0.6) is 0 Å². The molecule has 1 aliphatic rings. The topological polar surface area (TPSA) is 21.3 Å². The van der Waals surface area contributed by atoms with Gasteiger partial charge >= 0.3 is 0 Å². The Hall–Kier alpha value is -0.860. The van der Waals surface area contributed by atoms with E-state index in [1.54, 1.807) is 7.11 Å². The molecule has 0 saturated heterocycles. The van der Waals surface area contributed by atoms with Gasteiger partial charge < -0.3 is 10.1 Å². The molecule has 0 atom stereocenters. The summed E-state index contributed by atoms with van der Waals surface area (Å²) in [6.07, 6.45) is 5.69. The van der Waals surface area contributed by atoms with E-state index in [9.17, 15) is 0 Å². The number of nitrogens with one attached hydrogen (secondary N) is 1. The molecule has 1 N–H and O–H groups in total. The van der Waals surface area contributed by atoms with Gasteiger partial charge in [-0.05, 0) is 36.4 Å². The molecule has 2 heteroatoms. The zero-order chi connectivity index (χ0) is 11.9. The van der Waals surface area contributed by atoms with Crippen LogP contribution >= 0.6 is 0 Å². The Morgan fingerprint density at radius 1 is 1.18 bits per heavy atom.